The van der Waals surface area contributed by atoms with Gasteiger partial charge in [-0.15, -0.1) is 0 Å². The molecular weight excluding hydrogens is 256 g/mol. The van der Waals surface area contributed by atoms with Gasteiger partial charge in [-0.2, -0.15) is 5.10 Å². The lowest BCUT2D eigenvalue weighted by molar-refractivity contribution is -0.0226. The zero-order valence-corrected chi connectivity index (χ0v) is 12.5. The fraction of sp³-hybridized carbons (Fsp3) is 0.714. The zero-order valence-electron chi connectivity index (χ0n) is 12.5. The van der Waals surface area contributed by atoms with Crippen molar-refractivity contribution in [2.75, 3.05) is 33.3 Å². The van der Waals surface area contributed by atoms with Crippen LogP contribution in [0.2, 0.25) is 0 Å². The summed E-state index contributed by atoms with van der Waals surface area (Å²) < 4.78 is 7.45. The first-order valence-electron chi connectivity index (χ1n) is 7.18. The molecule has 1 amide bonds. The number of hydrogen-bond donors (Lipinski definition) is 1. The number of ether oxygens (including phenoxy) is 1. The van der Waals surface area contributed by atoms with Gasteiger partial charge in [0.2, 0.25) is 0 Å². The Balaban J connectivity index is 1.74. The highest BCUT2D eigenvalue weighted by molar-refractivity contribution is 5.93. The summed E-state index contributed by atoms with van der Waals surface area (Å²) in [7, 11) is 2.09. The molecule has 1 aromatic heterocycles. The van der Waals surface area contributed by atoms with E-state index in [-0.39, 0.29) is 18.1 Å². The molecule has 0 unspecified atom stereocenters. The summed E-state index contributed by atoms with van der Waals surface area (Å²) in [5.74, 6) is -0.0685. The lowest BCUT2D eigenvalue weighted by atomic mass is 10.2. The van der Waals surface area contributed by atoms with Crippen molar-refractivity contribution in [3.8, 4) is 0 Å². The first-order valence-corrected chi connectivity index (χ1v) is 7.18. The Bertz CT molecular complexity index is 444. The van der Waals surface area contributed by atoms with Crippen LogP contribution in [0.25, 0.3) is 0 Å². The molecule has 1 aliphatic heterocycles. The number of amides is 1. The maximum absolute atomic E-state index is 12.0. The molecule has 0 saturated carbocycles. The van der Waals surface area contributed by atoms with Crippen molar-refractivity contribution in [1.29, 1.82) is 0 Å². The largest absolute Gasteiger partial charge is 0.375 e. The number of rotatable bonds is 5. The van der Waals surface area contributed by atoms with Crippen LogP contribution < -0.4 is 5.32 Å². The molecule has 1 N–H and O–H groups in total. The van der Waals surface area contributed by atoms with Crippen LogP contribution >= 0.6 is 0 Å². The molecular formula is C14H24N4O2. The van der Waals surface area contributed by atoms with Gasteiger partial charge in [0.25, 0.3) is 5.91 Å². The summed E-state index contributed by atoms with van der Waals surface area (Å²) in [6.07, 6.45) is 4.45. The Labute approximate surface area is 120 Å². The van der Waals surface area contributed by atoms with Crippen LogP contribution in [-0.4, -0.2) is 60.0 Å². The summed E-state index contributed by atoms with van der Waals surface area (Å²) >= 11 is 0. The second-order valence-electron chi connectivity index (χ2n) is 5.60. The first kappa shape index (κ1) is 15.0. The van der Waals surface area contributed by atoms with E-state index < -0.39 is 0 Å². The summed E-state index contributed by atoms with van der Waals surface area (Å²) in [5, 5.41) is 7.09. The Hall–Kier alpha value is -1.40. The number of nitrogens with zero attached hydrogens (tertiary/aromatic N) is 3. The first-order chi connectivity index (χ1) is 9.56. The second kappa shape index (κ2) is 6.85. The zero-order chi connectivity index (χ0) is 14.5. The van der Waals surface area contributed by atoms with E-state index in [2.05, 4.69) is 22.4 Å². The Kier molecular flexibility index (Phi) is 5.14. The molecule has 6 nitrogen and oxygen atoms in total. The SMILES string of the molecule is CC(C)n1cc(C(=O)NCC[C@@H]2CN(C)CCO2)cn1. The molecule has 2 rings (SSSR count). The van der Waals surface area contributed by atoms with Gasteiger partial charge in [-0.3, -0.25) is 9.48 Å². The van der Waals surface area contributed by atoms with Crippen molar-refractivity contribution >= 4 is 5.91 Å². The third-order valence-corrected chi connectivity index (χ3v) is 3.49. The maximum Gasteiger partial charge on any atom is 0.254 e. The lowest BCUT2D eigenvalue weighted by Crippen LogP contribution is -2.41. The van der Waals surface area contributed by atoms with Gasteiger partial charge in [-0.25, -0.2) is 0 Å². The van der Waals surface area contributed by atoms with Crippen LogP contribution in [0.4, 0.5) is 0 Å². The van der Waals surface area contributed by atoms with E-state index in [4.69, 9.17) is 4.74 Å². The highest BCUT2D eigenvalue weighted by atomic mass is 16.5. The van der Waals surface area contributed by atoms with E-state index in [1.807, 2.05) is 13.8 Å². The molecule has 1 atom stereocenters. The molecule has 2 heterocycles. The van der Waals surface area contributed by atoms with Gasteiger partial charge in [-0.05, 0) is 27.3 Å². The Morgan fingerprint density at radius 2 is 2.40 bits per heavy atom. The minimum absolute atomic E-state index is 0.0685. The average molecular weight is 280 g/mol. The lowest BCUT2D eigenvalue weighted by Gasteiger charge is -2.30. The summed E-state index contributed by atoms with van der Waals surface area (Å²) in [5.41, 5.74) is 0.611. The van der Waals surface area contributed by atoms with Crippen molar-refractivity contribution < 1.29 is 9.53 Å². The number of hydrogen-bond acceptors (Lipinski definition) is 4. The van der Waals surface area contributed by atoms with Crippen molar-refractivity contribution in [2.24, 2.45) is 0 Å². The molecule has 0 radical (unpaired) electrons. The van der Waals surface area contributed by atoms with Gasteiger partial charge in [0.15, 0.2) is 0 Å². The van der Waals surface area contributed by atoms with Crippen molar-refractivity contribution in [3.05, 3.63) is 18.0 Å². The fourth-order valence-electron chi connectivity index (χ4n) is 2.23. The number of carbonyl (C=O) groups excluding carboxylic acids is 1. The third-order valence-electron chi connectivity index (χ3n) is 3.49. The maximum atomic E-state index is 12.0. The van der Waals surface area contributed by atoms with Gasteiger partial charge < -0.3 is 15.0 Å². The van der Waals surface area contributed by atoms with Crippen LogP contribution in [-0.2, 0) is 4.74 Å². The van der Waals surface area contributed by atoms with E-state index in [1.165, 1.54) is 0 Å². The van der Waals surface area contributed by atoms with Gasteiger partial charge in [0.1, 0.15) is 0 Å². The van der Waals surface area contributed by atoms with E-state index in [0.29, 0.717) is 12.1 Å². The van der Waals surface area contributed by atoms with Crippen molar-refractivity contribution in [3.63, 3.8) is 0 Å². The van der Waals surface area contributed by atoms with E-state index in [0.717, 1.165) is 26.1 Å². The van der Waals surface area contributed by atoms with E-state index >= 15 is 0 Å². The molecule has 1 saturated heterocycles. The molecule has 20 heavy (non-hydrogen) atoms. The smallest absolute Gasteiger partial charge is 0.254 e. The standard InChI is InChI=1S/C14H24N4O2/c1-11(2)18-9-12(8-16-18)14(19)15-5-4-13-10-17(3)6-7-20-13/h8-9,11,13H,4-7,10H2,1-3H3,(H,15,19)/t13-/m1/s1. The monoisotopic (exact) mass is 280 g/mol. The quantitative estimate of drug-likeness (QED) is 0.871. The Morgan fingerprint density at radius 3 is 3.05 bits per heavy atom. The Morgan fingerprint density at radius 1 is 1.60 bits per heavy atom. The second-order valence-corrected chi connectivity index (χ2v) is 5.60. The highest BCUT2D eigenvalue weighted by Gasteiger charge is 2.17. The molecule has 1 aliphatic rings. The number of carbonyl (C=O) groups is 1. The van der Waals surface area contributed by atoms with Gasteiger partial charge in [0.05, 0.1) is 24.5 Å². The minimum Gasteiger partial charge on any atom is -0.375 e. The molecule has 0 aliphatic carbocycles. The molecule has 0 spiro atoms. The number of morpholine rings is 1. The molecule has 112 valence electrons. The molecule has 1 aromatic rings. The molecule has 6 heteroatoms. The van der Waals surface area contributed by atoms with E-state index in [9.17, 15) is 4.79 Å². The third kappa shape index (κ3) is 4.05. The highest BCUT2D eigenvalue weighted by Crippen LogP contribution is 2.07. The predicted octanol–water partition coefficient (Wildman–Crippen LogP) is 0.914. The average Bonchev–Trinajstić information content (AvgIpc) is 2.88. The number of nitrogens with one attached hydrogen (secondary N) is 1. The predicted molar refractivity (Wildman–Crippen MR) is 76.8 cm³/mol. The van der Waals surface area contributed by atoms with Crippen LogP contribution in [0.1, 0.15) is 36.7 Å². The van der Waals surface area contributed by atoms with E-state index in [1.54, 1.807) is 17.1 Å². The van der Waals surface area contributed by atoms with Gasteiger partial charge in [-0.1, -0.05) is 0 Å². The van der Waals surface area contributed by atoms with Crippen molar-refractivity contribution in [1.82, 2.24) is 20.0 Å². The number of likely N-dealkylation sites (N-methyl/N-ethyl adjacent to an activating group) is 1. The minimum atomic E-state index is -0.0685. The molecule has 0 aromatic carbocycles. The summed E-state index contributed by atoms with van der Waals surface area (Å²) in [6.45, 7) is 7.38. The fourth-order valence-corrected chi connectivity index (χ4v) is 2.23. The van der Waals surface area contributed by atoms with Crippen LogP contribution in [0.5, 0.6) is 0 Å². The molecule has 0 bridgehead atoms. The van der Waals surface area contributed by atoms with Crippen LogP contribution in [0.15, 0.2) is 12.4 Å². The van der Waals surface area contributed by atoms with Gasteiger partial charge >= 0.3 is 0 Å². The van der Waals surface area contributed by atoms with Crippen LogP contribution in [0, 0.1) is 0 Å². The van der Waals surface area contributed by atoms with Crippen molar-refractivity contribution in [2.45, 2.75) is 32.4 Å². The normalized spacial score (nSPS) is 20.3. The van der Waals surface area contributed by atoms with Crippen LogP contribution in [0.3, 0.4) is 0 Å². The summed E-state index contributed by atoms with van der Waals surface area (Å²) in [4.78, 5) is 14.2. The number of aromatic nitrogens is 2. The molecule has 1 fully saturated rings. The van der Waals surface area contributed by atoms with Gasteiger partial charge in [0, 0.05) is 31.9 Å². The topological polar surface area (TPSA) is 59.4 Å². The summed E-state index contributed by atoms with van der Waals surface area (Å²) in [6, 6.07) is 0.266.